The second-order valence-electron chi connectivity index (χ2n) is 4.97. The first-order chi connectivity index (χ1) is 10.1. The first-order valence-electron chi connectivity index (χ1n) is 6.30. The number of rotatable bonds is 3. The number of hydrogen-bond acceptors (Lipinski definition) is 4. The van der Waals surface area contributed by atoms with Crippen molar-refractivity contribution in [1.29, 1.82) is 0 Å². The number of sulfonamides is 1. The minimum absolute atomic E-state index is 0.288. The summed E-state index contributed by atoms with van der Waals surface area (Å²) in [7, 11) is -1.44. The van der Waals surface area contributed by atoms with Crippen LogP contribution >= 0.6 is 11.6 Å². The highest BCUT2D eigenvalue weighted by Crippen LogP contribution is 2.22. The maximum atomic E-state index is 12.5. The van der Waals surface area contributed by atoms with E-state index in [9.17, 15) is 18.0 Å². The van der Waals surface area contributed by atoms with Crippen molar-refractivity contribution in [3.8, 4) is 0 Å². The molecule has 118 valence electrons. The highest BCUT2D eigenvalue weighted by atomic mass is 35.5. The summed E-state index contributed by atoms with van der Waals surface area (Å²) < 4.78 is 28.3. The third-order valence-corrected chi connectivity index (χ3v) is 5.04. The van der Waals surface area contributed by atoms with E-state index in [4.69, 9.17) is 11.6 Å². The Kier molecular flexibility index (Phi) is 4.25. The third-order valence-electron chi connectivity index (χ3n) is 3.31. The van der Waals surface area contributed by atoms with E-state index < -0.39 is 27.2 Å². The van der Waals surface area contributed by atoms with Crippen molar-refractivity contribution in [2.24, 2.45) is 0 Å². The van der Waals surface area contributed by atoms with Crippen LogP contribution in [0.4, 0.5) is 10.5 Å². The highest BCUT2D eigenvalue weighted by Gasteiger charge is 2.46. The molecule has 0 radical (unpaired) electrons. The Morgan fingerprint density at radius 1 is 1.32 bits per heavy atom. The van der Waals surface area contributed by atoms with Crippen LogP contribution < -0.4 is 4.72 Å². The number of imide groups is 1. The Balaban J connectivity index is 2.40. The average molecular weight is 345 g/mol. The normalized spacial score (nSPS) is 19.2. The Morgan fingerprint density at radius 3 is 2.59 bits per heavy atom. The molecule has 0 spiro atoms. The van der Waals surface area contributed by atoms with Crippen molar-refractivity contribution in [1.82, 2.24) is 4.90 Å². The number of nitrogens with one attached hydrogen (secondary N) is 1. The molecule has 22 heavy (non-hydrogen) atoms. The molecule has 1 aromatic carbocycles. The number of halogens is 1. The van der Waals surface area contributed by atoms with E-state index in [0.717, 1.165) is 15.7 Å². The molecule has 1 unspecified atom stereocenters. The summed E-state index contributed by atoms with van der Waals surface area (Å²) in [4.78, 5) is 24.5. The maximum absolute atomic E-state index is 12.5. The molecule has 3 amide bonds. The molecule has 1 atom stereocenters. The van der Waals surface area contributed by atoms with E-state index in [0.29, 0.717) is 10.6 Å². The van der Waals surface area contributed by atoms with E-state index in [1.807, 2.05) is 0 Å². The number of anilines is 1. The molecule has 0 bridgehead atoms. The van der Waals surface area contributed by atoms with Crippen LogP contribution in [0.25, 0.3) is 0 Å². The predicted molar refractivity (Wildman–Crippen MR) is 82.9 cm³/mol. The number of carbonyl (C=O) groups excluding carboxylic acids is 2. The molecule has 0 aliphatic carbocycles. The zero-order valence-corrected chi connectivity index (χ0v) is 13.8. The van der Waals surface area contributed by atoms with Crippen LogP contribution in [0.5, 0.6) is 0 Å². The fourth-order valence-electron chi connectivity index (χ4n) is 1.99. The zero-order chi connectivity index (χ0) is 16.7. The van der Waals surface area contributed by atoms with Crippen LogP contribution in [0.15, 0.2) is 18.2 Å². The predicted octanol–water partition coefficient (Wildman–Crippen LogP) is 1.06. The summed E-state index contributed by atoms with van der Waals surface area (Å²) in [5, 5.41) is -1.12. The van der Waals surface area contributed by atoms with E-state index in [1.165, 1.54) is 20.2 Å². The highest BCUT2D eigenvalue weighted by molar-refractivity contribution is 7.94. The maximum Gasteiger partial charge on any atom is 0.500 e. The Labute approximate surface area is 133 Å². The molecule has 1 aliphatic rings. The molecule has 2 rings (SSSR count). The van der Waals surface area contributed by atoms with Crippen molar-refractivity contribution < 1.29 is 22.6 Å². The summed E-state index contributed by atoms with van der Waals surface area (Å²) in [6.45, 7) is 1.71. The first-order valence-corrected chi connectivity index (χ1v) is 8.23. The van der Waals surface area contributed by atoms with Crippen molar-refractivity contribution in [3.05, 3.63) is 28.8 Å². The Morgan fingerprint density at radius 2 is 1.95 bits per heavy atom. The lowest BCUT2D eigenvalue weighted by Gasteiger charge is -2.20. The number of benzene rings is 1. The zero-order valence-electron chi connectivity index (χ0n) is 12.2. The van der Waals surface area contributed by atoms with Gasteiger partial charge in [-0.3, -0.25) is 4.72 Å². The van der Waals surface area contributed by atoms with Gasteiger partial charge in [-0.15, -0.1) is 0 Å². The van der Waals surface area contributed by atoms with Crippen molar-refractivity contribution >= 4 is 45.5 Å². The van der Waals surface area contributed by atoms with Crippen LogP contribution in [-0.4, -0.2) is 55.4 Å². The van der Waals surface area contributed by atoms with Crippen LogP contribution in [-0.2, 0) is 14.8 Å². The van der Waals surface area contributed by atoms with E-state index in [-0.39, 0.29) is 5.69 Å². The molecule has 0 saturated carbocycles. The lowest BCUT2D eigenvalue weighted by molar-refractivity contribution is -0.399. The molecular weight excluding hydrogens is 330 g/mol. The average Bonchev–Trinajstić information content (AvgIpc) is 2.44. The first kappa shape index (κ1) is 16.4. The summed E-state index contributed by atoms with van der Waals surface area (Å²) in [5.41, 5.74) is 0.949. The fourth-order valence-corrected chi connectivity index (χ4v) is 3.58. The van der Waals surface area contributed by atoms with Gasteiger partial charge in [0.15, 0.2) is 0 Å². The summed E-state index contributed by atoms with van der Waals surface area (Å²) in [6.07, 6.45) is 1.08. The van der Waals surface area contributed by atoms with Gasteiger partial charge in [-0.25, -0.2) is 17.8 Å². The van der Waals surface area contributed by atoms with Gasteiger partial charge in [0.1, 0.15) is 6.21 Å². The van der Waals surface area contributed by atoms with Gasteiger partial charge in [-0.2, -0.15) is 9.69 Å². The molecule has 1 heterocycles. The number of carbonyl (C=O) groups is 2. The number of hydrogen-bond donors (Lipinski definition) is 1. The smallest absolute Gasteiger partial charge is 0.282 e. The van der Waals surface area contributed by atoms with Gasteiger partial charge in [0.2, 0.25) is 5.25 Å². The molecular formula is C13H15ClN3O4S+. The largest absolute Gasteiger partial charge is 0.500 e. The molecule has 1 aromatic rings. The summed E-state index contributed by atoms with van der Waals surface area (Å²) in [6, 6.07) is 4.16. The fraction of sp³-hybridized carbons (Fsp3) is 0.308. The van der Waals surface area contributed by atoms with Crippen LogP contribution in [0.3, 0.4) is 0 Å². The minimum Gasteiger partial charge on any atom is -0.282 e. The lowest BCUT2D eigenvalue weighted by atomic mass is 10.2. The molecule has 0 fully saturated rings. The number of nitrogens with zero attached hydrogens (tertiary/aromatic N) is 2. The molecule has 0 saturated heterocycles. The number of amides is 3. The molecule has 7 nitrogen and oxygen atoms in total. The quantitative estimate of drug-likeness (QED) is 0.831. The minimum atomic E-state index is -4.06. The number of aryl methyl sites for hydroxylation is 1. The van der Waals surface area contributed by atoms with E-state index >= 15 is 0 Å². The lowest BCUT2D eigenvalue weighted by Crippen LogP contribution is -2.54. The van der Waals surface area contributed by atoms with Crippen LogP contribution in [0, 0.1) is 6.92 Å². The molecule has 0 aromatic heterocycles. The Bertz CT molecular complexity index is 788. The standard InChI is InChI=1S/C13H15ClN3O4S/c1-8-4-5-9(14)6-10(8)15-22(20,21)11-7-16(2)13(19)17(3)12(11)18/h4-7,11,15H,1-3H3/q+1. The number of urea groups is 1. The third kappa shape index (κ3) is 2.97. The summed E-state index contributed by atoms with van der Waals surface area (Å²) in [5.74, 6) is -0.810. The van der Waals surface area contributed by atoms with E-state index in [2.05, 4.69) is 4.72 Å². The van der Waals surface area contributed by atoms with Gasteiger partial charge in [0.25, 0.3) is 10.0 Å². The van der Waals surface area contributed by atoms with Gasteiger partial charge in [-0.05, 0) is 24.6 Å². The van der Waals surface area contributed by atoms with Crippen LogP contribution in [0.2, 0.25) is 5.02 Å². The van der Waals surface area contributed by atoms with Crippen molar-refractivity contribution in [2.75, 3.05) is 18.8 Å². The van der Waals surface area contributed by atoms with Crippen molar-refractivity contribution in [2.45, 2.75) is 12.2 Å². The van der Waals surface area contributed by atoms with Crippen LogP contribution in [0.1, 0.15) is 5.56 Å². The van der Waals surface area contributed by atoms with E-state index in [1.54, 1.807) is 19.1 Å². The second kappa shape index (κ2) is 5.69. The summed E-state index contributed by atoms with van der Waals surface area (Å²) >= 11 is 5.85. The monoisotopic (exact) mass is 344 g/mol. The topological polar surface area (TPSA) is 86.6 Å². The van der Waals surface area contributed by atoms with Gasteiger partial charge in [0.05, 0.1) is 19.8 Å². The molecule has 1 aliphatic heterocycles. The molecule has 9 heteroatoms. The van der Waals surface area contributed by atoms with Gasteiger partial charge < -0.3 is 0 Å². The van der Waals surface area contributed by atoms with Gasteiger partial charge in [0, 0.05) is 5.02 Å². The van der Waals surface area contributed by atoms with Crippen molar-refractivity contribution in [3.63, 3.8) is 0 Å². The second-order valence-corrected chi connectivity index (χ2v) is 7.21. The molecule has 1 N–H and O–H groups in total. The Hall–Kier alpha value is -1.93. The van der Waals surface area contributed by atoms with Gasteiger partial charge in [-0.1, -0.05) is 17.7 Å². The SMILES string of the molecule is Cc1ccc(Cl)cc1NS(=O)(=O)C1C=[N+](C)C(=O)N(C)C1=O. The van der Waals surface area contributed by atoms with Gasteiger partial charge >= 0.3 is 11.9 Å².